The van der Waals surface area contributed by atoms with E-state index < -0.39 is 0 Å². The lowest BCUT2D eigenvalue weighted by Crippen LogP contribution is -2.26. The first-order chi connectivity index (χ1) is 12.0. The van der Waals surface area contributed by atoms with Crippen LogP contribution in [0.5, 0.6) is 0 Å². The Kier molecular flexibility index (Phi) is 5.36. The molecule has 1 aromatic heterocycles. The van der Waals surface area contributed by atoms with E-state index in [1.807, 2.05) is 4.68 Å². The molecule has 4 nitrogen and oxygen atoms in total. The molecule has 0 aliphatic carbocycles. The summed E-state index contributed by atoms with van der Waals surface area (Å²) < 4.78 is 2.04. The normalized spacial score (nSPS) is 13.9. The van der Waals surface area contributed by atoms with E-state index in [2.05, 4.69) is 57.1 Å². The predicted octanol–water partition coefficient (Wildman–Crippen LogP) is 5.03. The monoisotopic (exact) mass is 340 g/mol. The number of fused-ring (bicyclic) bond motifs is 1. The Morgan fingerprint density at radius 3 is 2.52 bits per heavy atom. The zero-order valence-electron chi connectivity index (χ0n) is 16.4. The van der Waals surface area contributed by atoms with Gasteiger partial charge >= 0.3 is 0 Å². The highest BCUT2D eigenvalue weighted by Gasteiger charge is 2.27. The number of nitrogens with zero attached hydrogens (tertiary/aromatic N) is 3. The molecule has 3 rings (SSSR count). The second kappa shape index (κ2) is 7.51. The van der Waals surface area contributed by atoms with Gasteiger partial charge in [-0.25, -0.2) is 0 Å². The molecule has 0 atom stereocenters. The molecule has 0 saturated carbocycles. The van der Waals surface area contributed by atoms with Crippen molar-refractivity contribution in [2.75, 3.05) is 23.3 Å². The molecule has 0 saturated heterocycles. The summed E-state index contributed by atoms with van der Waals surface area (Å²) in [7, 11) is 2.06. The van der Waals surface area contributed by atoms with Crippen LogP contribution in [0.25, 0.3) is 0 Å². The Morgan fingerprint density at radius 2 is 1.84 bits per heavy atom. The lowest BCUT2D eigenvalue weighted by molar-refractivity contribution is 0.724. The van der Waals surface area contributed by atoms with Gasteiger partial charge in [-0.15, -0.1) is 0 Å². The van der Waals surface area contributed by atoms with Crippen LogP contribution in [-0.2, 0) is 13.5 Å². The molecular weight excluding hydrogens is 308 g/mol. The number of aromatic nitrogens is 2. The second-order valence-electron chi connectivity index (χ2n) is 7.41. The molecule has 0 spiro atoms. The molecule has 136 valence electrons. The summed E-state index contributed by atoms with van der Waals surface area (Å²) in [6.07, 6.45) is 6.04. The molecule has 0 fully saturated rings. The van der Waals surface area contributed by atoms with Gasteiger partial charge in [-0.1, -0.05) is 37.5 Å². The number of rotatable bonds is 6. The minimum absolute atomic E-state index is 1.03. The maximum atomic E-state index is 4.89. The van der Waals surface area contributed by atoms with Gasteiger partial charge in [0.15, 0.2) is 5.82 Å². The zero-order chi connectivity index (χ0) is 18.0. The first-order valence-electron chi connectivity index (χ1n) is 9.68. The van der Waals surface area contributed by atoms with E-state index in [1.165, 1.54) is 59.4 Å². The van der Waals surface area contributed by atoms with Crippen molar-refractivity contribution in [2.24, 2.45) is 7.05 Å². The number of hydrogen-bond acceptors (Lipinski definition) is 3. The van der Waals surface area contributed by atoms with Crippen LogP contribution in [0.1, 0.15) is 54.9 Å². The Bertz CT molecular complexity index is 722. The Morgan fingerprint density at radius 1 is 1.12 bits per heavy atom. The van der Waals surface area contributed by atoms with Gasteiger partial charge in [-0.3, -0.25) is 4.68 Å². The van der Waals surface area contributed by atoms with Gasteiger partial charge in [0.2, 0.25) is 0 Å². The van der Waals surface area contributed by atoms with Gasteiger partial charge in [0, 0.05) is 31.4 Å². The molecule has 2 aromatic rings. The number of hydrogen-bond donors (Lipinski definition) is 1. The summed E-state index contributed by atoms with van der Waals surface area (Å²) >= 11 is 0. The minimum Gasteiger partial charge on any atom is -0.370 e. The lowest BCUT2D eigenvalue weighted by Gasteiger charge is -2.30. The molecular formula is C21H32N4. The first kappa shape index (κ1) is 17.8. The standard InChI is InChI=1S/C21H32N4/c1-6-7-8-11-22-20-18-10-9-12-25(21(18)23-24(20)5)19-16(3)13-15(2)14-17(19)4/h13-14,22H,6-12H2,1-5H3. The average Bonchev–Trinajstić information content (AvgIpc) is 2.87. The maximum absolute atomic E-state index is 4.89. The Hall–Kier alpha value is -1.97. The minimum atomic E-state index is 1.03. The van der Waals surface area contributed by atoms with E-state index in [9.17, 15) is 0 Å². The largest absolute Gasteiger partial charge is 0.370 e. The molecule has 0 bridgehead atoms. The fourth-order valence-corrected chi connectivity index (χ4v) is 4.14. The molecule has 4 heteroatoms. The summed E-state index contributed by atoms with van der Waals surface area (Å²) in [5, 5.41) is 8.53. The van der Waals surface area contributed by atoms with Crippen LogP contribution in [0, 0.1) is 20.8 Å². The summed E-state index contributed by atoms with van der Waals surface area (Å²) in [6.45, 7) is 10.9. The van der Waals surface area contributed by atoms with Crippen LogP contribution in [0.2, 0.25) is 0 Å². The molecule has 2 heterocycles. The summed E-state index contributed by atoms with van der Waals surface area (Å²) in [4.78, 5) is 2.43. The van der Waals surface area contributed by atoms with E-state index in [0.29, 0.717) is 0 Å². The lowest BCUT2D eigenvalue weighted by atomic mass is 10.0. The number of anilines is 3. The highest BCUT2D eigenvalue weighted by atomic mass is 15.4. The Balaban J connectivity index is 1.93. The third-order valence-corrected chi connectivity index (χ3v) is 5.17. The SMILES string of the molecule is CCCCCNc1c2c(nn1C)N(c1c(C)cc(C)cc1C)CCC2. The average molecular weight is 341 g/mol. The fraction of sp³-hybridized carbons (Fsp3) is 0.571. The van der Waals surface area contributed by atoms with E-state index in [-0.39, 0.29) is 0 Å². The van der Waals surface area contributed by atoms with Gasteiger partial charge in [0.05, 0.1) is 0 Å². The van der Waals surface area contributed by atoms with Crippen molar-refractivity contribution in [3.8, 4) is 0 Å². The molecule has 1 aliphatic heterocycles. The Labute approximate surface area is 152 Å². The van der Waals surface area contributed by atoms with Crippen molar-refractivity contribution in [2.45, 2.75) is 59.8 Å². The van der Waals surface area contributed by atoms with Crippen LogP contribution < -0.4 is 10.2 Å². The van der Waals surface area contributed by atoms with Gasteiger partial charge < -0.3 is 10.2 Å². The molecule has 1 N–H and O–H groups in total. The molecule has 1 aromatic carbocycles. The summed E-state index contributed by atoms with van der Waals surface area (Å²) in [5.74, 6) is 2.35. The van der Waals surface area contributed by atoms with Crippen LogP contribution in [-0.4, -0.2) is 22.9 Å². The van der Waals surface area contributed by atoms with Gasteiger partial charge in [-0.05, 0) is 51.2 Å². The smallest absolute Gasteiger partial charge is 0.160 e. The van der Waals surface area contributed by atoms with E-state index in [1.54, 1.807) is 0 Å². The fourth-order valence-electron chi connectivity index (χ4n) is 4.14. The van der Waals surface area contributed by atoms with Crippen molar-refractivity contribution in [3.63, 3.8) is 0 Å². The van der Waals surface area contributed by atoms with Gasteiger partial charge in [0.1, 0.15) is 5.82 Å². The van der Waals surface area contributed by atoms with Crippen LogP contribution in [0.15, 0.2) is 12.1 Å². The van der Waals surface area contributed by atoms with Gasteiger partial charge in [-0.2, -0.15) is 5.10 Å². The van der Waals surface area contributed by atoms with Crippen molar-refractivity contribution >= 4 is 17.3 Å². The van der Waals surface area contributed by atoms with Crippen molar-refractivity contribution in [3.05, 3.63) is 34.4 Å². The maximum Gasteiger partial charge on any atom is 0.160 e. The van der Waals surface area contributed by atoms with Crippen molar-refractivity contribution in [1.29, 1.82) is 0 Å². The van der Waals surface area contributed by atoms with E-state index >= 15 is 0 Å². The number of nitrogens with one attached hydrogen (secondary N) is 1. The summed E-state index contributed by atoms with van der Waals surface area (Å²) in [6, 6.07) is 4.56. The molecule has 0 amide bonds. The highest BCUT2D eigenvalue weighted by molar-refractivity contribution is 5.74. The first-order valence-corrected chi connectivity index (χ1v) is 9.68. The van der Waals surface area contributed by atoms with Gasteiger partial charge in [0.25, 0.3) is 0 Å². The van der Waals surface area contributed by atoms with Crippen molar-refractivity contribution < 1.29 is 0 Å². The molecule has 0 radical (unpaired) electrons. The second-order valence-corrected chi connectivity index (χ2v) is 7.41. The third kappa shape index (κ3) is 3.53. The topological polar surface area (TPSA) is 33.1 Å². The van der Waals surface area contributed by atoms with Crippen molar-refractivity contribution in [1.82, 2.24) is 9.78 Å². The quantitative estimate of drug-likeness (QED) is 0.749. The molecule has 1 aliphatic rings. The zero-order valence-corrected chi connectivity index (χ0v) is 16.4. The van der Waals surface area contributed by atoms with E-state index in [4.69, 9.17) is 5.10 Å². The molecule has 25 heavy (non-hydrogen) atoms. The number of benzene rings is 1. The van der Waals surface area contributed by atoms with Crippen LogP contribution in [0.3, 0.4) is 0 Å². The summed E-state index contributed by atoms with van der Waals surface area (Å²) in [5.41, 5.74) is 6.73. The molecule has 0 unspecified atom stereocenters. The predicted molar refractivity (Wildman–Crippen MR) is 107 cm³/mol. The van der Waals surface area contributed by atoms with E-state index in [0.717, 1.165) is 25.3 Å². The highest BCUT2D eigenvalue weighted by Crippen LogP contribution is 2.39. The number of aryl methyl sites for hydroxylation is 4. The van der Waals surface area contributed by atoms with Crippen LogP contribution in [0.4, 0.5) is 17.3 Å². The van der Waals surface area contributed by atoms with Crippen LogP contribution >= 0.6 is 0 Å². The number of unbranched alkanes of at least 4 members (excludes halogenated alkanes) is 2. The third-order valence-electron chi connectivity index (χ3n) is 5.17.